The van der Waals surface area contributed by atoms with Crippen LogP contribution in [0.15, 0.2) is 24.5 Å². The van der Waals surface area contributed by atoms with Gasteiger partial charge < -0.3 is 10.0 Å². The van der Waals surface area contributed by atoms with E-state index in [4.69, 9.17) is 0 Å². The van der Waals surface area contributed by atoms with Crippen LogP contribution in [0.3, 0.4) is 0 Å². The monoisotopic (exact) mass is 290 g/mol. The van der Waals surface area contributed by atoms with Crippen LogP contribution < -0.4 is 0 Å². The Balaban J connectivity index is 2.09. The van der Waals surface area contributed by atoms with Crippen molar-refractivity contribution in [3.05, 3.63) is 30.1 Å². The van der Waals surface area contributed by atoms with Crippen LogP contribution in [-0.4, -0.2) is 33.4 Å². The lowest BCUT2D eigenvalue weighted by atomic mass is 9.78. The Morgan fingerprint density at radius 2 is 1.86 bits per heavy atom. The smallest absolute Gasteiger partial charge is 0.307 e. The van der Waals surface area contributed by atoms with E-state index in [9.17, 15) is 14.7 Å². The molecule has 0 aromatic carbocycles. The van der Waals surface area contributed by atoms with E-state index in [1.165, 1.54) is 0 Å². The third kappa shape index (κ3) is 3.80. The fraction of sp³-hybridized carbons (Fsp3) is 0.562. The summed E-state index contributed by atoms with van der Waals surface area (Å²) in [4.78, 5) is 29.8. The van der Waals surface area contributed by atoms with E-state index in [0.29, 0.717) is 25.9 Å². The Labute approximate surface area is 125 Å². The highest BCUT2D eigenvalue weighted by molar-refractivity contribution is 5.85. The van der Waals surface area contributed by atoms with Crippen molar-refractivity contribution in [1.82, 2.24) is 9.88 Å². The highest BCUT2D eigenvalue weighted by Crippen LogP contribution is 2.32. The van der Waals surface area contributed by atoms with Gasteiger partial charge in [-0.3, -0.25) is 14.6 Å². The van der Waals surface area contributed by atoms with Crippen LogP contribution in [0, 0.1) is 11.8 Å². The maximum Gasteiger partial charge on any atom is 0.307 e. The van der Waals surface area contributed by atoms with Crippen molar-refractivity contribution in [2.24, 2.45) is 11.8 Å². The average molecular weight is 290 g/mol. The number of carbonyl (C=O) groups excluding carboxylic acids is 1. The maximum absolute atomic E-state index is 12.7. The quantitative estimate of drug-likeness (QED) is 0.903. The van der Waals surface area contributed by atoms with Gasteiger partial charge in [-0.15, -0.1) is 0 Å². The molecule has 1 aromatic heterocycles. The van der Waals surface area contributed by atoms with Gasteiger partial charge in [-0.25, -0.2) is 0 Å². The fourth-order valence-corrected chi connectivity index (χ4v) is 3.01. The van der Waals surface area contributed by atoms with Gasteiger partial charge in [0.05, 0.1) is 11.8 Å². The van der Waals surface area contributed by atoms with Crippen molar-refractivity contribution in [2.75, 3.05) is 6.54 Å². The number of hydrogen-bond acceptors (Lipinski definition) is 3. The zero-order chi connectivity index (χ0) is 15.2. The summed E-state index contributed by atoms with van der Waals surface area (Å²) in [7, 11) is 0. The summed E-state index contributed by atoms with van der Waals surface area (Å²) < 4.78 is 0. The van der Waals surface area contributed by atoms with E-state index in [2.05, 4.69) is 4.98 Å². The molecule has 1 saturated carbocycles. The lowest BCUT2D eigenvalue weighted by Gasteiger charge is -2.32. The van der Waals surface area contributed by atoms with Crippen molar-refractivity contribution in [3.63, 3.8) is 0 Å². The Bertz CT molecular complexity index is 490. The highest BCUT2D eigenvalue weighted by Gasteiger charge is 2.37. The molecule has 1 aromatic rings. The molecule has 21 heavy (non-hydrogen) atoms. The number of carboxylic acids is 1. The second-order valence-electron chi connectivity index (χ2n) is 5.54. The molecule has 1 heterocycles. The topological polar surface area (TPSA) is 70.5 Å². The maximum atomic E-state index is 12.7. The summed E-state index contributed by atoms with van der Waals surface area (Å²) in [6.07, 6.45) is 6.54. The number of nitrogens with zero attached hydrogens (tertiary/aromatic N) is 2. The van der Waals surface area contributed by atoms with Crippen LogP contribution in [-0.2, 0) is 16.1 Å². The molecule has 0 aliphatic heterocycles. The van der Waals surface area contributed by atoms with E-state index < -0.39 is 11.9 Å². The van der Waals surface area contributed by atoms with Crippen LogP contribution >= 0.6 is 0 Å². The van der Waals surface area contributed by atoms with Gasteiger partial charge in [-0.05, 0) is 37.5 Å². The van der Waals surface area contributed by atoms with E-state index >= 15 is 0 Å². The number of hydrogen-bond donors (Lipinski definition) is 1. The van der Waals surface area contributed by atoms with Crippen LogP contribution in [0.4, 0.5) is 0 Å². The molecule has 0 radical (unpaired) electrons. The van der Waals surface area contributed by atoms with Crippen LogP contribution in [0.2, 0.25) is 0 Å². The summed E-state index contributed by atoms with van der Waals surface area (Å²) >= 11 is 0. The first-order chi connectivity index (χ1) is 10.1. The van der Waals surface area contributed by atoms with Gasteiger partial charge in [0.15, 0.2) is 0 Å². The van der Waals surface area contributed by atoms with Gasteiger partial charge in [0.1, 0.15) is 0 Å². The molecule has 5 heteroatoms. The molecule has 0 spiro atoms. The number of rotatable bonds is 5. The SMILES string of the molecule is CCN(Cc1ccncc1)C(=O)[C@@H]1CCCC[C@@H]1C(=O)O. The van der Waals surface area contributed by atoms with Crippen LogP contribution in [0.1, 0.15) is 38.2 Å². The summed E-state index contributed by atoms with van der Waals surface area (Å²) in [5.41, 5.74) is 1.02. The Kier molecular flexibility index (Phi) is 5.31. The first-order valence-corrected chi connectivity index (χ1v) is 7.54. The van der Waals surface area contributed by atoms with E-state index in [1.807, 2.05) is 19.1 Å². The van der Waals surface area contributed by atoms with Crippen LogP contribution in [0.25, 0.3) is 0 Å². The summed E-state index contributed by atoms with van der Waals surface area (Å²) in [6.45, 7) is 3.03. The Morgan fingerprint density at radius 1 is 1.24 bits per heavy atom. The lowest BCUT2D eigenvalue weighted by molar-refractivity contribution is -0.152. The van der Waals surface area contributed by atoms with E-state index in [0.717, 1.165) is 18.4 Å². The van der Waals surface area contributed by atoms with Crippen molar-refractivity contribution in [1.29, 1.82) is 0 Å². The Hall–Kier alpha value is -1.91. The average Bonchev–Trinajstić information content (AvgIpc) is 2.53. The molecule has 1 aliphatic rings. The third-order valence-electron chi connectivity index (χ3n) is 4.22. The zero-order valence-corrected chi connectivity index (χ0v) is 12.4. The van der Waals surface area contributed by atoms with Gasteiger partial charge >= 0.3 is 5.97 Å². The minimum absolute atomic E-state index is 0.0265. The molecule has 1 N–H and O–H groups in total. The predicted molar refractivity (Wildman–Crippen MR) is 78.4 cm³/mol. The number of aromatic nitrogens is 1. The predicted octanol–water partition coefficient (Wildman–Crippen LogP) is 2.32. The number of pyridine rings is 1. The molecule has 5 nitrogen and oxygen atoms in total. The number of amides is 1. The van der Waals surface area contributed by atoms with Gasteiger partial charge in [-0.1, -0.05) is 12.8 Å². The summed E-state index contributed by atoms with van der Waals surface area (Å²) in [5, 5.41) is 9.32. The zero-order valence-electron chi connectivity index (χ0n) is 12.4. The van der Waals surface area contributed by atoms with Gasteiger partial charge in [0.25, 0.3) is 0 Å². The molecule has 0 bridgehead atoms. The molecule has 1 aliphatic carbocycles. The second-order valence-corrected chi connectivity index (χ2v) is 5.54. The molecule has 114 valence electrons. The standard InChI is InChI=1S/C16H22N2O3/c1-2-18(11-12-7-9-17-10-8-12)15(19)13-5-3-4-6-14(13)16(20)21/h7-10,13-14H,2-6,11H2,1H3,(H,20,21)/t13-,14+/m1/s1. The lowest BCUT2D eigenvalue weighted by Crippen LogP contribution is -2.42. The largest absolute Gasteiger partial charge is 0.481 e. The molecule has 0 unspecified atom stereocenters. The van der Waals surface area contributed by atoms with E-state index in [1.54, 1.807) is 17.3 Å². The molecular weight excluding hydrogens is 268 g/mol. The van der Waals surface area contributed by atoms with Crippen molar-refractivity contribution >= 4 is 11.9 Å². The number of carboxylic acid groups (broad SMARTS) is 1. The molecule has 1 fully saturated rings. The molecule has 2 atom stereocenters. The molecular formula is C16H22N2O3. The molecule has 1 amide bonds. The van der Waals surface area contributed by atoms with Gasteiger partial charge in [0, 0.05) is 25.5 Å². The van der Waals surface area contributed by atoms with Gasteiger partial charge in [0.2, 0.25) is 5.91 Å². The number of carbonyl (C=O) groups is 2. The second kappa shape index (κ2) is 7.20. The first-order valence-electron chi connectivity index (χ1n) is 7.54. The molecule has 0 saturated heterocycles. The van der Waals surface area contributed by atoms with Crippen molar-refractivity contribution < 1.29 is 14.7 Å². The first kappa shape index (κ1) is 15.5. The highest BCUT2D eigenvalue weighted by atomic mass is 16.4. The summed E-state index contributed by atoms with van der Waals surface area (Å²) in [5.74, 6) is -1.77. The minimum atomic E-state index is -0.840. The fourth-order valence-electron chi connectivity index (χ4n) is 3.01. The molecule has 2 rings (SSSR count). The van der Waals surface area contributed by atoms with E-state index in [-0.39, 0.29) is 11.8 Å². The van der Waals surface area contributed by atoms with Gasteiger partial charge in [-0.2, -0.15) is 0 Å². The van der Waals surface area contributed by atoms with Crippen molar-refractivity contribution in [3.8, 4) is 0 Å². The normalized spacial score (nSPS) is 21.8. The van der Waals surface area contributed by atoms with Crippen molar-refractivity contribution in [2.45, 2.75) is 39.2 Å². The summed E-state index contributed by atoms with van der Waals surface area (Å²) in [6, 6.07) is 3.76. The minimum Gasteiger partial charge on any atom is -0.481 e. The van der Waals surface area contributed by atoms with Crippen LogP contribution in [0.5, 0.6) is 0 Å². The third-order valence-corrected chi connectivity index (χ3v) is 4.22. The Morgan fingerprint density at radius 3 is 2.43 bits per heavy atom. The number of aliphatic carboxylic acids is 1.